The topological polar surface area (TPSA) is 35.5 Å². The Morgan fingerprint density at radius 1 is 1.05 bits per heavy atom. The van der Waals surface area contributed by atoms with Crippen LogP contribution in [0.25, 0.3) is 0 Å². The highest BCUT2D eigenvalue weighted by atomic mass is 16.7. The zero-order valence-corrected chi connectivity index (χ0v) is 11.1. The zero-order valence-electron chi connectivity index (χ0n) is 11.1. The number of hydrogen-bond donors (Lipinski definition) is 0. The molecule has 1 spiro atoms. The monoisotopic (exact) mass is 260 g/mol. The third kappa shape index (κ3) is 1.92. The van der Waals surface area contributed by atoms with Crippen LogP contribution in [0.2, 0.25) is 0 Å². The minimum Gasteiger partial charge on any atom is -0.347 e. The van der Waals surface area contributed by atoms with Crippen LogP contribution in [0, 0.1) is 0 Å². The lowest BCUT2D eigenvalue weighted by molar-refractivity contribution is -0.227. The van der Waals surface area contributed by atoms with E-state index in [4.69, 9.17) is 9.47 Å². The second kappa shape index (κ2) is 5.06. The van der Waals surface area contributed by atoms with Crippen LogP contribution in [-0.2, 0) is 19.7 Å². The highest BCUT2D eigenvalue weighted by molar-refractivity contribution is 5.55. The summed E-state index contributed by atoms with van der Waals surface area (Å²) in [4.78, 5) is 11.3. The lowest BCUT2D eigenvalue weighted by Gasteiger charge is -2.49. The molecule has 102 valence electrons. The minimum absolute atomic E-state index is 0.315. The highest BCUT2D eigenvalue weighted by Crippen LogP contribution is 2.52. The van der Waals surface area contributed by atoms with Gasteiger partial charge >= 0.3 is 0 Å². The third-order valence-corrected chi connectivity index (χ3v) is 4.60. The van der Waals surface area contributed by atoms with E-state index >= 15 is 0 Å². The van der Waals surface area contributed by atoms with Gasteiger partial charge in [-0.05, 0) is 18.4 Å². The predicted octanol–water partition coefficient (Wildman–Crippen LogP) is 2.83. The summed E-state index contributed by atoms with van der Waals surface area (Å²) < 4.78 is 12.0. The maximum Gasteiger partial charge on any atom is 0.178 e. The largest absolute Gasteiger partial charge is 0.347 e. The van der Waals surface area contributed by atoms with Crippen LogP contribution < -0.4 is 0 Å². The molecule has 3 rings (SSSR count). The molecule has 1 heterocycles. The van der Waals surface area contributed by atoms with Gasteiger partial charge in [-0.2, -0.15) is 0 Å². The minimum atomic E-state index is -0.590. The fraction of sp³-hybridized carbons (Fsp3) is 0.562. The van der Waals surface area contributed by atoms with Crippen molar-refractivity contribution in [2.45, 2.75) is 43.3 Å². The van der Waals surface area contributed by atoms with Crippen molar-refractivity contribution in [3.63, 3.8) is 0 Å². The molecule has 0 radical (unpaired) electrons. The molecule has 1 aliphatic heterocycles. The highest BCUT2D eigenvalue weighted by Gasteiger charge is 2.57. The lowest BCUT2D eigenvalue weighted by atomic mass is 9.63. The van der Waals surface area contributed by atoms with E-state index in [2.05, 4.69) is 12.1 Å². The van der Waals surface area contributed by atoms with Gasteiger partial charge in [0.1, 0.15) is 6.29 Å². The Kier molecular flexibility index (Phi) is 3.42. The van der Waals surface area contributed by atoms with Gasteiger partial charge in [0.05, 0.1) is 18.6 Å². The second-order valence-electron chi connectivity index (χ2n) is 5.48. The van der Waals surface area contributed by atoms with Crippen molar-refractivity contribution in [1.29, 1.82) is 0 Å². The molecule has 1 atom stereocenters. The van der Waals surface area contributed by atoms with Crippen LogP contribution in [0.3, 0.4) is 0 Å². The molecular weight excluding hydrogens is 240 g/mol. The first-order valence-corrected chi connectivity index (χ1v) is 7.10. The summed E-state index contributed by atoms with van der Waals surface area (Å²) >= 11 is 0. The average Bonchev–Trinajstić information content (AvgIpc) is 2.93. The Bertz CT molecular complexity index is 437. The Morgan fingerprint density at radius 3 is 2.42 bits per heavy atom. The molecule has 3 heteroatoms. The maximum absolute atomic E-state index is 11.3. The first-order chi connectivity index (χ1) is 9.33. The van der Waals surface area contributed by atoms with Crippen molar-refractivity contribution in [3.8, 4) is 0 Å². The Balaban J connectivity index is 2.09. The molecule has 19 heavy (non-hydrogen) atoms. The summed E-state index contributed by atoms with van der Waals surface area (Å²) in [6.45, 7) is 1.26. The number of aldehydes is 1. The predicted molar refractivity (Wildman–Crippen MR) is 71.9 cm³/mol. The molecule has 1 aromatic rings. The molecule has 1 unspecified atom stereocenters. The molecule has 1 aliphatic carbocycles. The van der Waals surface area contributed by atoms with Crippen LogP contribution in [0.15, 0.2) is 30.3 Å². The Hall–Kier alpha value is -1.19. The summed E-state index contributed by atoms with van der Waals surface area (Å²) in [5, 5.41) is 0. The fourth-order valence-corrected chi connectivity index (χ4v) is 3.73. The SMILES string of the molecule is O=CCC1(c2ccccc2)CCCCC12OCCO2. The summed E-state index contributed by atoms with van der Waals surface area (Å²) in [6.07, 6.45) is 5.55. The van der Waals surface area contributed by atoms with Gasteiger partial charge in [0, 0.05) is 12.8 Å². The molecule has 0 N–H and O–H groups in total. The van der Waals surface area contributed by atoms with Crippen LogP contribution in [0.5, 0.6) is 0 Å². The van der Waals surface area contributed by atoms with E-state index < -0.39 is 5.79 Å². The normalized spacial score (nSPS) is 29.5. The van der Waals surface area contributed by atoms with Crippen molar-refractivity contribution < 1.29 is 14.3 Å². The van der Waals surface area contributed by atoms with E-state index in [0.29, 0.717) is 19.6 Å². The van der Waals surface area contributed by atoms with Gasteiger partial charge in [0.15, 0.2) is 5.79 Å². The molecule has 2 fully saturated rings. The number of carbonyl (C=O) groups is 1. The first kappa shape index (κ1) is 12.8. The van der Waals surface area contributed by atoms with E-state index in [1.807, 2.05) is 18.2 Å². The number of ether oxygens (including phenoxy) is 2. The lowest BCUT2D eigenvalue weighted by Crippen LogP contribution is -2.55. The van der Waals surface area contributed by atoms with Crippen LogP contribution in [0.1, 0.15) is 37.7 Å². The summed E-state index contributed by atoms with van der Waals surface area (Å²) in [6, 6.07) is 10.3. The summed E-state index contributed by atoms with van der Waals surface area (Å²) in [7, 11) is 0. The van der Waals surface area contributed by atoms with Crippen molar-refractivity contribution in [2.24, 2.45) is 0 Å². The van der Waals surface area contributed by atoms with Crippen molar-refractivity contribution in [2.75, 3.05) is 13.2 Å². The zero-order chi connectivity index (χ0) is 13.2. The van der Waals surface area contributed by atoms with Crippen LogP contribution >= 0.6 is 0 Å². The third-order valence-electron chi connectivity index (χ3n) is 4.60. The number of carbonyl (C=O) groups excluding carboxylic acids is 1. The molecule has 0 amide bonds. The summed E-state index contributed by atoms with van der Waals surface area (Å²) in [5.41, 5.74) is 0.855. The van der Waals surface area contributed by atoms with Crippen LogP contribution in [0.4, 0.5) is 0 Å². The average molecular weight is 260 g/mol. The van der Waals surface area contributed by atoms with Gasteiger partial charge in [-0.1, -0.05) is 36.8 Å². The van der Waals surface area contributed by atoms with Crippen molar-refractivity contribution in [3.05, 3.63) is 35.9 Å². The molecule has 3 nitrogen and oxygen atoms in total. The Morgan fingerprint density at radius 2 is 1.74 bits per heavy atom. The molecule has 2 aliphatic rings. The second-order valence-corrected chi connectivity index (χ2v) is 5.48. The first-order valence-electron chi connectivity index (χ1n) is 7.10. The number of benzene rings is 1. The standard InChI is InChI=1S/C16H20O3/c17-11-10-15(14-6-2-1-3-7-14)8-4-5-9-16(15)18-12-13-19-16/h1-3,6-7,11H,4-5,8-10,12-13H2. The van der Waals surface area contributed by atoms with Gasteiger partial charge in [0.25, 0.3) is 0 Å². The van der Waals surface area contributed by atoms with Gasteiger partial charge in [0.2, 0.25) is 0 Å². The molecule has 1 saturated carbocycles. The van der Waals surface area contributed by atoms with E-state index in [-0.39, 0.29) is 5.41 Å². The molecule has 0 aromatic heterocycles. The fourth-order valence-electron chi connectivity index (χ4n) is 3.73. The molecular formula is C16H20O3. The van der Waals surface area contributed by atoms with Gasteiger partial charge in [-0.15, -0.1) is 0 Å². The van der Waals surface area contributed by atoms with Crippen molar-refractivity contribution in [1.82, 2.24) is 0 Å². The molecule has 1 aromatic carbocycles. The van der Waals surface area contributed by atoms with Gasteiger partial charge in [-0.3, -0.25) is 0 Å². The van der Waals surface area contributed by atoms with Crippen molar-refractivity contribution >= 4 is 6.29 Å². The summed E-state index contributed by atoms with van der Waals surface area (Å²) in [5.74, 6) is -0.590. The quantitative estimate of drug-likeness (QED) is 0.784. The smallest absolute Gasteiger partial charge is 0.178 e. The molecule has 0 bridgehead atoms. The van der Waals surface area contributed by atoms with E-state index in [1.165, 1.54) is 5.56 Å². The van der Waals surface area contributed by atoms with Gasteiger partial charge in [-0.25, -0.2) is 0 Å². The maximum atomic E-state index is 11.3. The van der Waals surface area contributed by atoms with E-state index in [0.717, 1.165) is 32.0 Å². The van der Waals surface area contributed by atoms with Crippen LogP contribution in [-0.4, -0.2) is 25.3 Å². The van der Waals surface area contributed by atoms with E-state index in [9.17, 15) is 4.79 Å². The van der Waals surface area contributed by atoms with E-state index in [1.54, 1.807) is 0 Å². The number of rotatable bonds is 3. The number of hydrogen-bond acceptors (Lipinski definition) is 3. The molecule has 1 saturated heterocycles. The Labute approximate surface area is 113 Å². The van der Waals surface area contributed by atoms with Gasteiger partial charge < -0.3 is 14.3 Å².